The Bertz CT molecular complexity index is 449. The van der Waals surface area contributed by atoms with E-state index in [1.807, 2.05) is 0 Å². The highest BCUT2D eigenvalue weighted by Gasteiger charge is 2.24. The van der Waals surface area contributed by atoms with Crippen LogP contribution in [0.25, 0.3) is 0 Å². The molecule has 1 aromatic rings. The Kier molecular flexibility index (Phi) is 4.88. The third-order valence-electron chi connectivity index (χ3n) is 2.38. The Morgan fingerprint density at radius 3 is 2.56 bits per heavy atom. The fourth-order valence-corrected chi connectivity index (χ4v) is 1.58. The number of carbonyl (C=O) groups is 2. The molecule has 0 saturated heterocycles. The SMILES string of the molecule is CC(=O)N[C@H](Cc1cccc(C(=O)O)c1)B(O)O. The molecule has 1 rings (SSSR count). The highest BCUT2D eigenvalue weighted by atomic mass is 16.4. The number of aromatic carboxylic acids is 1. The zero-order valence-electron chi connectivity index (χ0n) is 9.83. The third kappa shape index (κ3) is 4.19. The van der Waals surface area contributed by atoms with Crippen molar-refractivity contribution in [2.24, 2.45) is 0 Å². The Morgan fingerprint density at radius 1 is 1.39 bits per heavy atom. The van der Waals surface area contributed by atoms with E-state index in [1.54, 1.807) is 12.1 Å². The smallest absolute Gasteiger partial charge is 0.475 e. The van der Waals surface area contributed by atoms with Crippen LogP contribution in [-0.2, 0) is 11.2 Å². The molecule has 0 fully saturated rings. The van der Waals surface area contributed by atoms with Gasteiger partial charge in [0, 0.05) is 6.92 Å². The van der Waals surface area contributed by atoms with Gasteiger partial charge in [-0.1, -0.05) is 12.1 Å². The van der Waals surface area contributed by atoms with Crippen LogP contribution in [0.2, 0.25) is 0 Å². The summed E-state index contributed by atoms with van der Waals surface area (Å²) < 4.78 is 0. The van der Waals surface area contributed by atoms with Crippen LogP contribution in [0.4, 0.5) is 0 Å². The standard InChI is InChI=1S/C11H14BNO5/c1-7(14)13-10(12(17)18)6-8-3-2-4-9(5-8)11(15)16/h2-5,10,17-18H,6H2,1H3,(H,13,14)(H,15,16)/t10-/m1/s1. The van der Waals surface area contributed by atoms with Gasteiger partial charge >= 0.3 is 13.1 Å². The molecule has 4 N–H and O–H groups in total. The Balaban J connectivity index is 2.83. The van der Waals surface area contributed by atoms with Crippen molar-refractivity contribution in [2.45, 2.75) is 19.3 Å². The zero-order valence-corrected chi connectivity index (χ0v) is 9.83. The molecule has 0 aliphatic carbocycles. The van der Waals surface area contributed by atoms with Crippen molar-refractivity contribution in [2.75, 3.05) is 0 Å². The number of carbonyl (C=O) groups excluding carboxylic acids is 1. The molecule has 0 aromatic heterocycles. The molecule has 0 spiro atoms. The number of carboxylic acid groups (broad SMARTS) is 1. The van der Waals surface area contributed by atoms with Crippen molar-refractivity contribution in [3.05, 3.63) is 35.4 Å². The lowest BCUT2D eigenvalue weighted by atomic mass is 9.76. The first-order valence-corrected chi connectivity index (χ1v) is 5.35. The molecule has 7 heteroatoms. The molecule has 0 aliphatic rings. The summed E-state index contributed by atoms with van der Waals surface area (Å²) in [6.07, 6.45) is 0.137. The quantitative estimate of drug-likeness (QED) is 0.525. The number of rotatable bonds is 5. The van der Waals surface area contributed by atoms with Crippen LogP contribution in [0.1, 0.15) is 22.8 Å². The van der Waals surface area contributed by atoms with Gasteiger partial charge in [0.25, 0.3) is 0 Å². The average molecular weight is 251 g/mol. The summed E-state index contributed by atoms with van der Waals surface area (Å²) in [5, 5.41) is 29.5. The summed E-state index contributed by atoms with van der Waals surface area (Å²) in [6.45, 7) is 1.27. The van der Waals surface area contributed by atoms with Crippen LogP contribution in [0, 0.1) is 0 Å². The van der Waals surface area contributed by atoms with E-state index in [4.69, 9.17) is 15.2 Å². The maximum atomic E-state index is 10.9. The molecule has 1 atom stereocenters. The van der Waals surface area contributed by atoms with Crippen LogP contribution < -0.4 is 5.32 Å². The van der Waals surface area contributed by atoms with Crippen molar-refractivity contribution in [3.8, 4) is 0 Å². The van der Waals surface area contributed by atoms with Crippen LogP contribution in [0.15, 0.2) is 24.3 Å². The maximum Gasteiger partial charge on any atom is 0.475 e. The topological polar surface area (TPSA) is 107 Å². The van der Waals surface area contributed by atoms with Crippen molar-refractivity contribution in [3.63, 3.8) is 0 Å². The molecule has 18 heavy (non-hydrogen) atoms. The average Bonchev–Trinajstić information content (AvgIpc) is 2.27. The molecule has 6 nitrogen and oxygen atoms in total. The Labute approximate surface area is 104 Å². The first kappa shape index (κ1) is 14.2. The zero-order chi connectivity index (χ0) is 13.7. The minimum atomic E-state index is -1.71. The van der Waals surface area contributed by atoms with Gasteiger partial charge in [0.05, 0.1) is 11.5 Å². The number of nitrogens with one attached hydrogen (secondary N) is 1. The summed E-state index contributed by atoms with van der Waals surface area (Å²) in [5.74, 6) is -2.31. The summed E-state index contributed by atoms with van der Waals surface area (Å²) in [7, 11) is -1.71. The van der Waals surface area contributed by atoms with E-state index in [-0.39, 0.29) is 17.9 Å². The van der Waals surface area contributed by atoms with E-state index in [0.29, 0.717) is 5.56 Å². The first-order chi connectivity index (χ1) is 8.40. The second-order valence-corrected chi connectivity index (χ2v) is 3.93. The fourth-order valence-electron chi connectivity index (χ4n) is 1.58. The van der Waals surface area contributed by atoms with Crippen molar-refractivity contribution in [1.29, 1.82) is 0 Å². The molecule has 1 amide bonds. The lowest BCUT2D eigenvalue weighted by Gasteiger charge is -2.16. The Morgan fingerprint density at radius 2 is 2.06 bits per heavy atom. The summed E-state index contributed by atoms with van der Waals surface area (Å²) in [5.41, 5.74) is 0.711. The largest absolute Gasteiger partial charge is 0.478 e. The number of carboxylic acids is 1. The lowest BCUT2D eigenvalue weighted by Crippen LogP contribution is -2.47. The second-order valence-electron chi connectivity index (χ2n) is 3.93. The molecule has 1 aromatic carbocycles. The van der Waals surface area contributed by atoms with Gasteiger partial charge in [0.1, 0.15) is 0 Å². The van der Waals surface area contributed by atoms with E-state index in [1.165, 1.54) is 19.1 Å². The number of hydrogen-bond donors (Lipinski definition) is 4. The predicted molar refractivity (Wildman–Crippen MR) is 64.9 cm³/mol. The Hall–Kier alpha value is -1.86. The summed E-state index contributed by atoms with van der Waals surface area (Å²) in [6, 6.07) is 6.09. The van der Waals surface area contributed by atoms with Gasteiger partial charge in [-0.05, 0) is 24.1 Å². The molecule has 96 valence electrons. The highest BCUT2D eigenvalue weighted by molar-refractivity contribution is 6.43. The van der Waals surface area contributed by atoms with Crippen LogP contribution >= 0.6 is 0 Å². The molecular weight excluding hydrogens is 237 g/mol. The lowest BCUT2D eigenvalue weighted by molar-refractivity contribution is -0.119. The normalized spacial score (nSPS) is 11.7. The molecule has 0 unspecified atom stereocenters. The third-order valence-corrected chi connectivity index (χ3v) is 2.38. The van der Waals surface area contributed by atoms with E-state index in [2.05, 4.69) is 5.32 Å². The van der Waals surface area contributed by atoms with Crippen LogP contribution in [-0.4, -0.2) is 40.1 Å². The van der Waals surface area contributed by atoms with E-state index < -0.39 is 19.0 Å². The second kappa shape index (κ2) is 6.18. The molecule has 0 radical (unpaired) electrons. The summed E-state index contributed by atoms with van der Waals surface area (Å²) in [4.78, 5) is 21.7. The van der Waals surface area contributed by atoms with Gasteiger partial charge in [-0.15, -0.1) is 0 Å². The molecule has 0 saturated carbocycles. The molecular formula is C11H14BNO5. The minimum Gasteiger partial charge on any atom is -0.478 e. The van der Waals surface area contributed by atoms with Gasteiger partial charge in [-0.2, -0.15) is 0 Å². The predicted octanol–water partition coefficient (Wildman–Crippen LogP) is -0.556. The monoisotopic (exact) mass is 251 g/mol. The first-order valence-electron chi connectivity index (χ1n) is 5.35. The van der Waals surface area contributed by atoms with Gasteiger partial charge in [0.15, 0.2) is 0 Å². The van der Waals surface area contributed by atoms with Gasteiger partial charge in [0.2, 0.25) is 5.91 Å². The molecule has 0 aliphatic heterocycles. The maximum absolute atomic E-state index is 10.9. The van der Waals surface area contributed by atoms with Gasteiger partial charge in [-0.25, -0.2) is 4.79 Å². The number of amides is 1. The fraction of sp³-hybridized carbons (Fsp3) is 0.273. The minimum absolute atomic E-state index is 0.113. The van der Waals surface area contributed by atoms with Crippen molar-refractivity contribution >= 4 is 19.0 Å². The van der Waals surface area contributed by atoms with E-state index in [9.17, 15) is 9.59 Å². The van der Waals surface area contributed by atoms with E-state index in [0.717, 1.165) is 0 Å². The van der Waals surface area contributed by atoms with Gasteiger partial charge in [-0.3, -0.25) is 4.79 Å². The van der Waals surface area contributed by atoms with Crippen LogP contribution in [0.3, 0.4) is 0 Å². The molecule has 0 bridgehead atoms. The molecule has 0 heterocycles. The van der Waals surface area contributed by atoms with Crippen molar-refractivity contribution < 1.29 is 24.7 Å². The summed E-state index contributed by atoms with van der Waals surface area (Å²) >= 11 is 0. The van der Waals surface area contributed by atoms with E-state index >= 15 is 0 Å². The number of hydrogen-bond acceptors (Lipinski definition) is 4. The van der Waals surface area contributed by atoms with Crippen molar-refractivity contribution in [1.82, 2.24) is 5.32 Å². The van der Waals surface area contributed by atoms with Crippen LogP contribution in [0.5, 0.6) is 0 Å². The highest BCUT2D eigenvalue weighted by Crippen LogP contribution is 2.08. The number of benzene rings is 1. The van der Waals surface area contributed by atoms with Gasteiger partial charge < -0.3 is 20.5 Å².